The summed E-state index contributed by atoms with van der Waals surface area (Å²) in [6, 6.07) is 14.6. The topological polar surface area (TPSA) is 71.8 Å². The fraction of sp³-hybridized carbons (Fsp3) is 0.105. The quantitative estimate of drug-likeness (QED) is 0.468. The molecule has 0 aliphatic heterocycles. The van der Waals surface area contributed by atoms with Crippen molar-refractivity contribution in [1.29, 1.82) is 0 Å². The number of amides is 1. The maximum absolute atomic E-state index is 12.3. The van der Waals surface area contributed by atoms with Crippen molar-refractivity contribution in [1.82, 2.24) is 25.6 Å². The lowest BCUT2D eigenvalue weighted by Crippen LogP contribution is -2.35. The van der Waals surface area contributed by atoms with Crippen LogP contribution in [0.2, 0.25) is 5.02 Å². The number of benzene rings is 2. The Hall–Kier alpha value is -2.77. The number of hydrogen-bond acceptors (Lipinski definition) is 5. The van der Waals surface area contributed by atoms with Gasteiger partial charge in [-0.15, -0.1) is 10.2 Å². The van der Waals surface area contributed by atoms with Gasteiger partial charge in [-0.25, -0.2) is 0 Å². The molecule has 0 aliphatic carbocycles. The molecule has 3 aromatic rings. The van der Waals surface area contributed by atoms with Gasteiger partial charge in [0.1, 0.15) is 6.33 Å². The molecule has 1 aromatic heterocycles. The highest BCUT2D eigenvalue weighted by atomic mass is 35.5. The Labute approximate surface area is 166 Å². The Bertz CT molecular complexity index is 937. The Morgan fingerprint density at radius 1 is 1.11 bits per heavy atom. The van der Waals surface area contributed by atoms with Crippen molar-refractivity contribution in [2.24, 2.45) is 7.05 Å². The lowest BCUT2D eigenvalue weighted by molar-refractivity contribution is 0.0942. The molecule has 0 aliphatic rings. The average Bonchev–Trinajstić information content (AvgIpc) is 3.10. The van der Waals surface area contributed by atoms with E-state index in [2.05, 4.69) is 27.6 Å². The molecule has 8 heteroatoms. The van der Waals surface area contributed by atoms with Gasteiger partial charge in [0.05, 0.1) is 5.70 Å². The molecular formula is C19H18ClN5OS. The largest absolute Gasteiger partial charge is 0.312 e. The Balaban J connectivity index is 1.52. The van der Waals surface area contributed by atoms with Crippen LogP contribution in [0.5, 0.6) is 0 Å². The van der Waals surface area contributed by atoms with Crippen LogP contribution in [0.25, 0.3) is 5.70 Å². The number of nitrogens with one attached hydrogen (secondary N) is 2. The molecule has 138 valence electrons. The Kier molecular flexibility index (Phi) is 6.16. The summed E-state index contributed by atoms with van der Waals surface area (Å²) in [6.45, 7) is 3.91. The van der Waals surface area contributed by atoms with Crippen LogP contribution in [0.1, 0.15) is 21.5 Å². The molecule has 27 heavy (non-hydrogen) atoms. The van der Waals surface area contributed by atoms with Crippen molar-refractivity contribution < 1.29 is 4.79 Å². The molecule has 0 saturated heterocycles. The SMILES string of the molecule is C=C(NNC(=O)c1ccc(CSc2nncn2C)cc1)c1ccc(Cl)cc1. The van der Waals surface area contributed by atoms with Gasteiger partial charge in [0, 0.05) is 23.4 Å². The van der Waals surface area contributed by atoms with E-state index >= 15 is 0 Å². The summed E-state index contributed by atoms with van der Waals surface area (Å²) in [5.41, 5.74) is 8.54. The number of aryl methyl sites for hydroxylation is 1. The number of rotatable bonds is 7. The van der Waals surface area contributed by atoms with E-state index in [1.807, 2.05) is 35.9 Å². The molecule has 1 heterocycles. The predicted molar refractivity (Wildman–Crippen MR) is 108 cm³/mol. The summed E-state index contributed by atoms with van der Waals surface area (Å²) >= 11 is 7.46. The standard InChI is InChI=1S/C19H18ClN5OS/c1-13(15-7-9-17(20)10-8-15)22-23-18(26)16-5-3-14(4-6-16)11-27-19-24-21-12-25(19)2/h3-10,12,22H,1,11H2,2H3,(H,23,26). The highest BCUT2D eigenvalue weighted by molar-refractivity contribution is 7.98. The van der Waals surface area contributed by atoms with Gasteiger partial charge in [-0.3, -0.25) is 15.6 Å². The number of hydrogen-bond donors (Lipinski definition) is 2. The molecule has 2 aromatic carbocycles. The van der Waals surface area contributed by atoms with E-state index < -0.39 is 0 Å². The number of thioether (sulfide) groups is 1. The highest BCUT2D eigenvalue weighted by Gasteiger charge is 2.07. The molecule has 0 spiro atoms. The molecule has 0 atom stereocenters. The second-order valence-electron chi connectivity index (χ2n) is 5.77. The zero-order valence-corrected chi connectivity index (χ0v) is 16.2. The van der Waals surface area contributed by atoms with Crippen LogP contribution in [0.3, 0.4) is 0 Å². The maximum atomic E-state index is 12.3. The van der Waals surface area contributed by atoms with Gasteiger partial charge in [-0.2, -0.15) is 0 Å². The summed E-state index contributed by atoms with van der Waals surface area (Å²) in [5.74, 6) is 0.512. The van der Waals surface area contributed by atoms with Crippen LogP contribution in [-0.2, 0) is 12.8 Å². The first-order valence-electron chi connectivity index (χ1n) is 8.10. The molecular weight excluding hydrogens is 382 g/mol. The van der Waals surface area contributed by atoms with E-state index in [9.17, 15) is 4.79 Å². The van der Waals surface area contributed by atoms with Crippen molar-refractivity contribution in [3.63, 3.8) is 0 Å². The Morgan fingerprint density at radius 2 is 1.78 bits per heavy atom. The molecule has 0 unspecified atom stereocenters. The van der Waals surface area contributed by atoms with Crippen LogP contribution in [-0.4, -0.2) is 20.7 Å². The average molecular weight is 400 g/mol. The maximum Gasteiger partial charge on any atom is 0.269 e. The van der Waals surface area contributed by atoms with Crippen LogP contribution in [0.15, 0.2) is 66.6 Å². The van der Waals surface area contributed by atoms with Crippen LogP contribution in [0.4, 0.5) is 0 Å². The summed E-state index contributed by atoms with van der Waals surface area (Å²) in [6.07, 6.45) is 1.67. The number of nitrogens with zero attached hydrogens (tertiary/aromatic N) is 3. The minimum absolute atomic E-state index is 0.238. The van der Waals surface area contributed by atoms with Crippen molar-refractivity contribution in [2.45, 2.75) is 10.9 Å². The number of aromatic nitrogens is 3. The first-order chi connectivity index (χ1) is 13.0. The Morgan fingerprint density at radius 3 is 2.41 bits per heavy atom. The molecule has 0 radical (unpaired) electrons. The minimum atomic E-state index is -0.238. The molecule has 2 N–H and O–H groups in total. The zero-order valence-electron chi connectivity index (χ0n) is 14.6. The smallest absolute Gasteiger partial charge is 0.269 e. The number of carbonyl (C=O) groups is 1. The highest BCUT2D eigenvalue weighted by Crippen LogP contribution is 2.20. The van der Waals surface area contributed by atoms with Crippen LogP contribution < -0.4 is 10.9 Å². The molecule has 0 fully saturated rings. The fourth-order valence-corrected chi connectivity index (χ4v) is 3.20. The molecule has 3 rings (SSSR count). The second kappa shape index (κ2) is 8.75. The third-order valence-electron chi connectivity index (χ3n) is 3.77. The number of carbonyl (C=O) groups excluding carboxylic acids is 1. The molecule has 6 nitrogen and oxygen atoms in total. The van der Waals surface area contributed by atoms with E-state index in [0.29, 0.717) is 16.3 Å². The van der Waals surface area contributed by atoms with Gasteiger partial charge < -0.3 is 4.57 Å². The van der Waals surface area contributed by atoms with E-state index in [-0.39, 0.29) is 5.91 Å². The number of halogens is 1. The summed E-state index contributed by atoms with van der Waals surface area (Å²) in [4.78, 5) is 12.3. The monoisotopic (exact) mass is 399 g/mol. The van der Waals surface area contributed by atoms with E-state index in [1.165, 1.54) is 0 Å². The van der Waals surface area contributed by atoms with Crippen molar-refractivity contribution >= 4 is 35.0 Å². The van der Waals surface area contributed by atoms with E-state index in [0.717, 1.165) is 22.0 Å². The summed E-state index contributed by atoms with van der Waals surface area (Å²) in [7, 11) is 1.90. The first kappa shape index (κ1) is 19.0. The predicted octanol–water partition coefficient (Wildman–Crippen LogP) is 3.67. The van der Waals surface area contributed by atoms with Gasteiger partial charge in [0.25, 0.3) is 5.91 Å². The van der Waals surface area contributed by atoms with Crippen molar-refractivity contribution in [2.75, 3.05) is 0 Å². The van der Waals surface area contributed by atoms with Gasteiger partial charge in [0.2, 0.25) is 0 Å². The lowest BCUT2D eigenvalue weighted by Gasteiger charge is -2.11. The van der Waals surface area contributed by atoms with Gasteiger partial charge in [-0.1, -0.05) is 54.2 Å². The zero-order chi connectivity index (χ0) is 19.2. The van der Waals surface area contributed by atoms with E-state index in [4.69, 9.17) is 11.6 Å². The normalized spacial score (nSPS) is 10.4. The van der Waals surface area contributed by atoms with Gasteiger partial charge in [0.15, 0.2) is 5.16 Å². The van der Waals surface area contributed by atoms with Gasteiger partial charge in [-0.05, 0) is 35.4 Å². The van der Waals surface area contributed by atoms with Crippen molar-refractivity contribution in [3.8, 4) is 0 Å². The molecule has 1 amide bonds. The van der Waals surface area contributed by atoms with Crippen LogP contribution >= 0.6 is 23.4 Å². The lowest BCUT2D eigenvalue weighted by atomic mass is 10.1. The first-order valence-corrected chi connectivity index (χ1v) is 9.46. The number of hydrazine groups is 1. The van der Waals surface area contributed by atoms with Crippen LogP contribution in [0, 0.1) is 0 Å². The fourth-order valence-electron chi connectivity index (χ4n) is 2.23. The summed E-state index contributed by atoms with van der Waals surface area (Å²) in [5, 5.41) is 9.38. The van der Waals surface area contributed by atoms with Crippen molar-refractivity contribution in [3.05, 3.63) is 83.2 Å². The second-order valence-corrected chi connectivity index (χ2v) is 7.15. The third kappa shape index (κ3) is 5.12. The minimum Gasteiger partial charge on any atom is -0.312 e. The molecule has 0 bridgehead atoms. The summed E-state index contributed by atoms with van der Waals surface area (Å²) < 4.78 is 1.87. The third-order valence-corrected chi connectivity index (χ3v) is 5.13. The molecule has 0 saturated carbocycles. The van der Waals surface area contributed by atoms with Gasteiger partial charge >= 0.3 is 0 Å². The van der Waals surface area contributed by atoms with E-state index in [1.54, 1.807) is 42.4 Å².